The summed E-state index contributed by atoms with van der Waals surface area (Å²) >= 11 is 0. The third-order valence-electron chi connectivity index (χ3n) is 4.85. The summed E-state index contributed by atoms with van der Waals surface area (Å²) in [4.78, 5) is 20.9. The van der Waals surface area contributed by atoms with Gasteiger partial charge in [-0.1, -0.05) is 6.42 Å². The van der Waals surface area contributed by atoms with E-state index >= 15 is 0 Å². The number of hydrogen-bond acceptors (Lipinski definition) is 5. The Morgan fingerprint density at radius 1 is 1.12 bits per heavy atom. The van der Waals surface area contributed by atoms with Crippen LogP contribution in [0.2, 0.25) is 0 Å². The van der Waals surface area contributed by atoms with E-state index in [1.807, 2.05) is 12.1 Å². The lowest BCUT2D eigenvalue weighted by Crippen LogP contribution is -2.43. The fraction of sp³-hybridized carbons (Fsp3) is 0.667. The van der Waals surface area contributed by atoms with E-state index in [4.69, 9.17) is 0 Å². The largest absolute Gasteiger partial charge is 0.390 e. The molecule has 0 aliphatic carbocycles. The van der Waals surface area contributed by atoms with Crippen molar-refractivity contribution >= 4 is 17.5 Å². The van der Waals surface area contributed by atoms with Crippen molar-refractivity contribution < 1.29 is 9.90 Å². The molecule has 7 nitrogen and oxygen atoms in total. The fourth-order valence-electron chi connectivity index (χ4n) is 3.48. The van der Waals surface area contributed by atoms with Gasteiger partial charge in [0.25, 0.3) is 0 Å². The minimum Gasteiger partial charge on any atom is -0.390 e. The Bertz CT molecular complexity index is 539. The van der Waals surface area contributed by atoms with E-state index in [0.29, 0.717) is 12.2 Å². The number of piperidine rings is 1. The molecule has 7 heteroatoms. The number of nitrogens with zero attached hydrogens (tertiary/aromatic N) is 3. The van der Waals surface area contributed by atoms with Crippen molar-refractivity contribution in [3.63, 3.8) is 0 Å². The second kappa shape index (κ2) is 9.01. The molecule has 1 aromatic heterocycles. The van der Waals surface area contributed by atoms with Gasteiger partial charge in [0.2, 0.25) is 0 Å². The van der Waals surface area contributed by atoms with Gasteiger partial charge in [-0.25, -0.2) is 9.78 Å². The van der Waals surface area contributed by atoms with Crippen LogP contribution in [0.4, 0.5) is 16.3 Å². The number of aliphatic hydroxyl groups excluding tert-OH is 1. The maximum absolute atomic E-state index is 12.0. The first-order valence-electron chi connectivity index (χ1n) is 9.37. The Labute approximate surface area is 149 Å². The third kappa shape index (κ3) is 5.57. The zero-order valence-electron chi connectivity index (χ0n) is 14.8. The first kappa shape index (κ1) is 17.9. The molecule has 0 spiro atoms. The highest BCUT2D eigenvalue weighted by Crippen LogP contribution is 2.18. The second-order valence-electron chi connectivity index (χ2n) is 6.95. The number of β-amino-alcohol motifs (C(OH)–C–C–N with tert-alkyl or cyclic N) is 1. The quantitative estimate of drug-likeness (QED) is 0.729. The Kier molecular flexibility index (Phi) is 6.47. The van der Waals surface area contributed by atoms with Crippen molar-refractivity contribution in [3.8, 4) is 0 Å². The normalized spacial score (nSPS) is 19.6. The van der Waals surface area contributed by atoms with Crippen LogP contribution in [0, 0.1) is 0 Å². The van der Waals surface area contributed by atoms with Crippen LogP contribution in [0.5, 0.6) is 0 Å². The van der Waals surface area contributed by atoms with Crippen molar-refractivity contribution in [1.82, 2.24) is 15.2 Å². The fourth-order valence-corrected chi connectivity index (χ4v) is 3.48. The molecule has 2 aliphatic rings. The molecule has 0 aromatic carbocycles. The monoisotopic (exact) mass is 347 g/mol. The van der Waals surface area contributed by atoms with Crippen LogP contribution in [0.1, 0.15) is 32.1 Å². The summed E-state index contributed by atoms with van der Waals surface area (Å²) in [5.74, 6) is 0.959. The van der Waals surface area contributed by atoms with Crippen molar-refractivity contribution in [2.24, 2.45) is 0 Å². The number of anilines is 2. The van der Waals surface area contributed by atoms with Gasteiger partial charge in [0.05, 0.1) is 18.0 Å². The molecular weight excluding hydrogens is 318 g/mol. The number of aliphatic hydroxyl groups is 1. The van der Waals surface area contributed by atoms with Crippen LogP contribution < -0.4 is 15.5 Å². The maximum atomic E-state index is 12.0. The number of carbonyl (C=O) groups is 1. The van der Waals surface area contributed by atoms with E-state index in [9.17, 15) is 9.90 Å². The van der Waals surface area contributed by atoms with Crippen LogP contribution in [-0.2, 0) is 0 Å². The molecule has 138 valence electrons. The predicted molar refractivity (Wildman–Crippen MR) is 99.0 cm³/mol. The molecule has 2 saturated heterocycles. The molecule has 3 heterocycles. The van der Waals surface area contributed by atoms with E-state index in [1.165, 1.54) is 32.1 Å². The first-order chi connectivity index (χ1) is 12.2. The van der Waals surface area contributed by atoms with Crippen LogP contribution in [0.15, 0.2) is 18.3 Å². The van der Waals surface area contributed by atoms with Crippen molar-refractivity contribution in [2.75, 3.05) is 49.5 Å². The van der Waals surface area contributed by atoms with Crippen molar-refractivity contribution in [3.05, 3.63) is 18.3 Å². The van der Waals surface area contributed by atoms with Crippen molar-refractivity contribution in [1.29, 1.82) is 0 Å². The average molecular weight is 347 g/mol. The van der Waals surface area contributed by atoms with E-state index in [-0.39, 0.29) is 12.6 Å². The van der Waals surface area contributed by atoms with Gasteiger partial charge in [0, 0.05) is 26.2 Å². The zero-order chi connectivity index (χ0) is 17.5. The molecule has 0 radical (unpaired) electrons. The molecule has 25 heavy (non-hydrogen) atoms. The summed E-state index contributed by atoms with van der Waals surface area (Å²) in [5, 5.41) is 15.6. The molecule has 0 unspecified atom stereocenters. The summed E-state index contributed by atoms with van der Waals surface area (Å²) in [6.45, 7) is 5.05. The molecule has 2 amide bonds. The molecular formula is C18H29N5O2. The molecule has 2 aliphatic heterocycles. The number of likely N-dealkylation sites (tertiary alicyclic amines) is 1. The highest BCUT2D eigenvalue weighted by Gasteiger charge is 2.16. The standard InChI is InChI=1S/C18H29N5O2/c24-16(14-22-8-2-1-3-9-22)13-20-18(25)21-15-6-7-17(19-12-15)23-10-4-5-11-23/h6-7,12,16,24H,1-5,8-11,13-14H2,(H2,20,21,25)/t16-/m1/s1. The first-order valence-corrected chi connectivity index (χ1v) is 9.37. The maximum Gasteiger partial charge on any atom is 0.319 e. The number of urea groups is 1. The van der Waals surface area contributed by atoms with Crippen LogP contribution >= 0.6 is 0 Å². The summed E-state index contributed by atoms with van der Waals surface area (Å²) in [7, 11) is 0. The van der Waals surface area contributed by atoms with Gasteiger partial charge >= 0.3 is 6.03 Å². The Hall–Kier alpha value is -1.86. The van der Waals surface area contributed by atoms with E-state index < -0.39 is 6.10 Å². The smallest absolute Gasteiger partial charge is 0.319 e. The molecule has 1 atom stereocenters. The van der Waals surface area contributed by atoms with Gasteiger partial charge in [0.1, 0.15) is 5.82 Å². The second-order valence-corrected chi connectivity index (χ2v) is 6.95. The van der Waals surface area contributed by atoms with Gasteiger partial charge in [0.15, 0.2) is 0 Å². The van der Waals surface area contributed by atoms with Crippen LogP contribution in [0.3, 0.4) is 0 Å². The van der Waals surface area contributed by atoms with E-state index in [0.717, 1.165) is 32.0 Å². The van der Waals surface area contributed by atoms with Gasteiger partial charge in [-0.3, -0.25) is 0 Å². The van der Waals surface area contributed by atoms with Crippen LogP contribution in [-0.4, -0.2) is 66.4 Å². The van der Waals surface area contributed by atoms with Gasteiger partial charge in [-0.15, -0.1) is 0 Å². The minimum absolute atomic E-state index is 0.252. The number of carbonyl (C=O) groups excluding carboxylic acids is 1. The minimum atomic E-state index is -0.542. The predicted octanol–water partition coefficient (Wildman–Crippen LogP) is 1.65. The Morgan fingerprint density at radius 2 is 1.84 bits per heavy atom. The lowest BCUT2D eigenvalue weighted by atomic mass is 10.1. The molecule has 1 aromatic rings. The van der Waals surface area contributed by atoms with E-state index in [1.54, 1.807) is 6.20 Å². The molecule has 3 rings (SSSR count). The summed E-state index contributed by atoms with van der Waals surface area (Å²) in [5.41, 5.74) is 0.658. The molecule has 3 N–H and O–H groups in total. The lowest BCUT2D eigenvalue weighted by Gasteiger charge is -2.28. The number of pyridine rings is 1. The molecule has 0 bridgehead atoms. The van der Waals surface area contributed by atoms with Gasteiger partial charge in [-0.05, 0) is 50.9 Å². The lowest BCUT2D eigenvalue weighted by molar-refractivity contribution is 0.102. The number of nitrogens with one attached hydrogen (secondary N) is 2. The van der Waals surface area contributed by atoms with Gasteiger partial charge in [-0.2, -0.15) is 0 Å². The number of amides is 2. The van der Waals surface area contributed by atoms with E-state index in [2.05, 4.69) is 25.4 Å². The highest BCUT2D eigenvalue weighted by molar-refractivity contribution is 5.89. The summed E-state index contributed by atoms with van der Waals surface area (Å²) < 4.78 is 0. The Morgan fingerprint density at radius 3 is 2.52 bits per heavy atom. The van der Waals surface area contributed by atoms with Crippen LogP contribution in [0.25, 0.3) is 0 Å². The zero-order valence-corrected chi connectivity index (χ0v) is 14.8. The summed E-state index contributed by atoms with van der Waals surface area (Å²) in [6, 6.07) is 3.49. The number of aromatic nitrogens is 1. The molecule has 2 fully saturated rings. The Balaban J connectivity index is 1.38. The number of hydrogen-bond donors (Lipinski definition) is 3. The highest BCUT2D eigenvalue weighted by atomic mass is 16.3. The molecule has 0 saturated carbocycles. The summed E-state index contributed by atoms with van der Waals surface area (Å²) in [6.07, 6.45) is 7.23. The van der Waals surface area contributed by atoms with Gasteiger partial charge < -0.3 is 25.5 Å². The SMILES string of the molecule is O=C(NC[C@@H](O)CN1CCCCC1)Nc1ccc(N2CCCC2)nc1. The average Bonchev–Trinajstić information content (AvgIpc) is 3.16. The number of rotatable bonds is 6. The van der Waals surface area contributed by atoms with Crippen molar-refractivity contribution in [2.45, 2.75) is 38.2 Å². The third-order valence-corrected chi connectivity index (χ3v) is 4.85. The topological polar surface area (TPSA) is 80.7 Å².